The Bertz CT molecular complexity index is 483. The summed E-state index contributed by atoms with van der Waals surface area (Å²) in [4.78, 5) is 2.61. The molecule has 0 saturated carbocycles. The van der Waals surface area contributed by atoms with E-state index in [0.717, 1.165) is 25.2 Å². The monoisotopic (exact) mass is 284 g/mol. The van der Waals surface area contributed by atoms with Crippen molar-refractivity contribution in [3.8, 4) is 0 Å². The van der Waals surface area contributed by atoms with Gasteiger partial charge in [-0.15, -0.1) is 0 Å². The van der Waals surface area contributed by atoms with Crippen molar-refractivity contribution in [1.82, 2.24) is 10.2 Å². The molecular weight excluding hydrogens is 260 g/mol. The average Bonchev–Trinajstić information content (AvgIpc) is 2.37. The van der Waals surface area contributed by atoms with Crippen LogP contribution in [-0.2, 0) is 9.84 Å². The van der Waals surface area contributed by atoms with Gasteiger partial charge in [-0.2, -0.15) is 0 Å². The van der Waals surface area contributed by atoms with Crippen LogP contribution in [0.2, 0.25) is 0 Å². The lowest BCUT2D eigenvalue weighted by atomic mass is 10.1. The average molecular weight is 284 g/mol. The fourth-order valence-corrected chi connectivity index (χ4v) is 2.38. The first kappa shape index (κ1) is 16.1. The molecule has 0 amide bonds. The first-order chi connectivity index (χ1) is 8.84. The maximum Gasteiger partial charge on any atom is 0.175 e. The molecule has 19 heavy (non-hydrogen) atoms. The van der Waals surface area contributed by atoms with Crippen LogP contribution in [-0.4, -0.2) is 46.3 Å². The lowest BCUT2D eigenvalue weighted by molar-refractivity contribution is 0.342. The minimum atomic E-state index is -3.10. The van der Waals surface area contributed by atoms with Gasteiger partial charge in [-0.3, -0.25) is 0 Å². The van der Waals surface area contributed by atoms with Gasteiger partial charge in [0.15, 0.2) is 9.84 Å². The van der Waals surface area contributed by atoms with E-state index >= 15 is 0 Å². The normalized spacial score (nSPS) is 13.7. The lowest BCUT2D eigenvalue weighted by Crippen LogP contribution is -2.30. The molecule has 0 heterocycles. The molecule has 108 valence electrons. The summed E-state index contributed by atoms with van der Waals surface area (Å²) < 4.78 is 22.7. The van der Waals surface area contributed by atoms with E-state index in [9.17, 15) is 8.42 Å². The van der Waals surface area contributed by atoms with Crippen LogP contribution >= 0.6 is 0 Å². The van der Waals surface area contributed by atoms with Crippen molar-refractivity contribution in [1.29, 1.82) is 0 Å². The molecule has 1 N–H and O–H groups in total. The van der Waals surface area contributed by atoms with Crippen molar-refractivity contribution in [2.45, 2.75) is 24.8 Å². The summed E-state index contributed by atoms with van der Waals surface area (Å²) in [5.41, 5.74) is 1.10. The molecule has 0 bridgehead atoms. The predicted molar refractivity (Wildman–Crippen MR) is 79.1 cm³/mol. The summed E-state index contributed by atoms with van der Waals surface area (Å²) in [6, 6.07) is 7.30. The van der Waals surface area contributed by atoms with Crippen molar-refractivity contribution < 1.29 is 8.42 Å². The zero-order valence-corrected chi connectivity index (χ0v) is 13.0. The van der Waals surface area contributed by atoms with E-state index in [4.69, 9.17) is 0 Å². The molecule has 0 aromatic heterocycles. The van der Waals surface area contributed by atoms with Crippen molar-refractivity contribution in [2.24, 2.45) is 0 Å². The molecule has 0 aliphatic carbocycles. The summed E-state index contributed by atoms with van der Waals surface area (Å²) in [5.74, 6) is 0. The van der Waals surface area contributed by atoms with Crippen LogP contribution < -0.4 is 5.32 Å². The molecule has 0 saturated heterocycles. The maximum absolute atomic E-state index is 11.4. The second kappa shape index (κ2) is 7.03. The van der Waals surface area contributed by atoms with Gasteiger partial charge < -0.3 is 10.2 Å². The molecule has 1 rings (SSSR count). The molecule has 0 fully saturated rings. The van der Waals surface area contributed by atoms with Gasteiger partial charge in [0, 0.05) is 25.4 Å². The minimum absolute atomic E-state index is 0.221. The molecule has 1 aromatic rings. The van der Waals surface area contributed by atoms with Crippen molar-refractivity contribution in [3.63, 3.8) is 0 Å². The van der Waals surface area contributed by atoms with E-state index in [0.29, 0.717) is 4.90 Å². The highest BCUT2D eigenvalue weighted by Gasteiger charge is 2.09. The van der Waals surface area contributed by atoms with E-state index in [1.165, 1.54) is 6.26 Å². The van der Waals surface area contributed by atoms with Gasteiger partial charge in [-0.05, 0) is 38.2 Å². The molecule has 0 radical (unpaired) electrons. The predicted octanol–water partition coefficient (Wildman–Crippen LogP) is 1.69. The van der Waals surface area contributed by atoms with Crippen LogP contribution in [0.15, 0.2) is 29.2 Å². The summed E-state index contributed by atoms with van der Waals surface area (Å²) in [6.45, 7) is 7.18. The van der Waals surface area contributed by atoms with Crippen LogP contribution in [0.5, 0.6) is 0 Å². The molecule has 0 aliphatic rings. The summed E-state index contributed by atoms with van der Waals surface area (Å²) in [7, 11) is -1.01. The van der Waals surface area contributed by atoms with E-state index in [1.807, 2.05) is 12.1 Å². The Hall–Kier alpha value is -0.910. The molecule has 1 aromatic carbocycles. The van der Waals surface area contributed by atoms with E-state index in [1.54, 1.807) is 12.1 Å². The van der Waals surface area contributed by atoms with Gasteiger partial charge in [-0.25, -0.2) is 8.42 Å². The third kappa shape index (κ3) is 5.30. The third-order valence-corrected chi connectivity index (χ3v) is 4.42. The van der Waals surface area contributed by atoms with Crippen molar-refractivity contribution >= 4 is 9.84 Å². The zero-order valence-electron chi connectivity index (χ0n) is 12.2. The van der Waals surface area contributed by atoms with E-state index in [2.05, 4.69) is 31.1 Å². The van der Waals surface area contributed by atoms with Gasteiger partial charge >= 0.3 is 0 Å². The second-order valence-corrected chi connectivity index (χ2v) is 6.93. The Morgan fingerprint density at radius 2 is 1.84 bits per heavy atom. The Balaban J connectivity index is 2.56. The molecule has 1 unspecified atom stereocenters. The van der Waals surface area contributed by atoms with Crippen molar-refractivity contribution in [3.05, 3.63) is 29.8 Å². The molecule has 1 atom stereocenters. The standard InChI is InChI=1S/C14H24N2O2S/c1-5-16(3)11-10-15-12(2)13-6-8-14(9-7-13)19(4,17)18/h6-9,12,15H,5,10-11H2,1-4H3. The Kier molecular flexibility index (Phi) is 5.97. The number of nitrogens with zero attached hydrogens (tertiary/aromatic N) is 1. The third-order valence-electron chi connectivity index (χ3n) is 3.29. The number of sulfone groups is 1. The number of nitrogens with one attached hydrogen (secondary N) is 1. The van der Waals surface area contributed by atoms with Gasteiger partial charge in [0.2, 0.25) is 0 Å². The van der Waals surface area contributed by atoms with Gasteiger partial charge in [0.1, 0.15) is 0 Å². The SMILES string of the molecule is CCN(C)CCNC(C)c1ccc(S(C)(=O)=O)cc1. The highest BCUT2D eigenvalue weighted by Crippen LogP contribution is 2.15. The van der Waals surface area contributed by atoms with E-state index in [-0.39, 0.29) is 6.04 Å². The number of rotatable bonds is 7. The Morgan fingerprint density at radius 1 is 1.26 bits per heavy atom. The van der Waals surface area contributed by atoms with Crippen LogP contribution in [0.25, 0.3) is 0 Å². The fourth-order valence-electron chi connectivity index (χ4n) is 1.75. The molecule has 5 heteroatoms. The molecule has 0 aliphatic heterocycles. The van der Waals surface area contributed by atoms with Crippen LogP contribution in [0, 0.1) is 0 Å². The smallest absolute Gasteiger partial charge is 0.175 e. The van der Waals surface area contributed by atoms with Gasteiger partial charge in [0.25, 0.3) is 0 Å². The molecule has 0 spiro atoms. The van der Waals surface area contributed by atoms with Gasteiger partial charge in [0.05, 0.1) is 4.90 Å². The number of hydrogen-bond donors (Lipinski definition) is 1. The Labute approximate surface area is 116 Å². The number of likely N-dealkylation sites (N-methyl/N-ethyl adjacent to an activating group) is 1. The first-order valence-corrected chi connectivity index (χ1v) is 8.45. The minimum Gasteiger partial charge on any atom is -0.309 e. The van der Waals surface area contributed by atoms with E-state index < -0.39 is 9.84 Å². The van der Waals surface area contributed by atoms with Gasteiger partial charge in [-0.1, -0.05) is 19.1 Å². The number of benzene rings is 1. The first-order valence-electron chi connectivity index (χ1n) is 6.56. The fraction of sp³-hybridized carbons (Fsp3) is 0.571. The molecule has 4 nitrogen and oxygen atoms in total. The van der Waals surface area contributed by atoms with Crippen molar-refractivity contribution in [2.75, 3.05) is 32.9 Å². The number of hydrogen-bond acceptors (Lipinski definition) is 4. The Morgan fingerprint density at radius 3 is 2.32 bits per heavy atom. The highest BCUT2D eigenvalue weighted by atomic mass is 32.2. The summed E-state index contributed by atoms with van der Waals surface area (Å²) in [6.07, 6.45) is 1.23. The van der Waals surface area contributed by atoms with Crippen LogP contribution in [0.3, 0.4) is 0 Å². The van der Waals surface area contributed by atoms with Crippen LogP contribution in [0.4, 0.5) is 0 Å². The summed E-state index contributed by atoms with van der Waals surface area (Å²) in [5, 5.41) is 3.43. The topological polar surface area (TPSA) is 49.4 Å². The largest absolute Gasteiger partial charge is 0.309 e. The molecular formula is C14H24N2O2S. The second-order valence-electron chi connectivity index (χ2n) is 4.91. The van der Waals surface area contributed by atoms with Crippen LogP contribution in [0.1, 0.15) is 25.5 Å². The lowest BCUT2D eigenvalue weighted by Gasteiger charge is -2.18. The zero-order chi connectivity index (χ0) is 14.5. The summed E-state index contributed by atoms with van der Waals surface area (Å²) >= 11 is 0. The quantitative estimate of drug-likeness (QED) is 0.828. The highest BCUT2D eigenvalue weighted by molar-refractivity contribution is 7.90. The maximum atomic E-state index is 11.4.